The summed E-state index contributed by atoms with van der Waals surface area (Å²) >= 11 is 0. The lowest BCUT2D eigenvalue weighted by atomic mass is 9.91. The van der Waals surface area contributed by atoms with E-state index in [0.717, 1.165) is 30.5 Å². The van der Waals surface area contributed by atoms with Crippen LogP contribution in [0.25, 0.3) is 0 Å². The average Bonchev–Trinajstić information content (AvgIpc) is 2.59. The van der Waals surface area contributed by atoms with Crippen LogP contribution in [-0.4, -0.2) is 24.3 Å². The van der Waals surface area contributed by atoms with Crippen LogP contribution in [0.1, 0.15) is 23.2 Å². The molecule has 1 aromatic carbocycles. The smallest absolute Gasteiger partial charge is 0.250 e. The average molecular weight is 330 g/mol. The first-order valence-corrected chi connectivity index (χ1v) is 8.35. The van der Waals surface area contributed by atoms with Gasteiger partial charge in [-0.3, -0.25) is 4.79 Å². The molecule has 0 amide bonds. The molecule has 1 aromatic heterocycles. The molecule has 1 aliphatic rings. The number of halogens is 1. The minimum Gasteiger partial charge on any atom is -0.383 e. The van der Waals surface area contributed by atoms with Gasteiger partial charge in [-0.2, -0.15) is 0 Å². The third-order valence-electron chi connectivity index (χ3n) is 4.59. The Balaban J connectivity index is 1.67. The van der Waals surface area contributed by atoms with Crippen molar-refractivity contribution >= 4 is 0 Å². The van der Waals surface area contributed by atoms with E-state index in [4.69, 9.17) is 4.74 Å². The Morgan fingerprint density at radius 2 is 2.21 bits per heavy atom. The normalized spacial score (nSPS) is 16.8. The number of methoxy groups -OCH3 is 1. The summed E-state index contributed by atoms with van der Waals surface area (Å²) in [5.74, 6) is -0.203. The van der Waals surface area contributed by atoms with Crippen molar-refractivity contribution in [1.82, 2.24) is 9.88 Å². The highest BCUT2D eigenvalue weighted by atomic mass is 19.1. The van der Waals surface area contributed by atoms with E-state index < -0.39 is 0 Å². The molecule has 0 fully saturated rings. The Morgan fingerprint density at radius 1 is 1.33 bits per heavy atom. The SMILES string of the molecule is COCCn1c2c(ccc1=O)CC(NCc1cccc(F)c1)CC2. The lowest BCUT2D eigenvalue weighted by molar-refractivity contribution is 0.184. The standard InChI is InChI=1S/C19H23FN2O2/c1-24-10-9-22-18-7-6-17(12-15(18)5-8-19(22)23)21-13-14-3-2-4-16(20)11-14/h2-5,8,11,17,21H,6-7,9-10,12-13H2,1H3. The van der Waals surface area contributed by atoms with Crippen LogP contribution < -0.4 is 10.9 Å². The molecule has 4 nitrogen and oxygen atoms in total. The number of hydrogen-bond acceptors (Lipinski definition) is 3. The molecule has 24 heavy (non-hydrogen) atoms. The van der Waals surface area contributed by atoms with Gasteiger partial charge in [0.1, 0.15) is 5.82 Å². The first-order valence-electron chi connectivity index (χ1n) is 8.35. The van der Waals surface area contributed by atoms with Gasteiger partial charge in [-0.1, -0.05) is 18.2 Å². The Kier molecular flexibility index (Phi) is 5.43. The van der Waals surface area contributed by atoms with Crippen LogP contribution in [0.5, 0.6) is 0 Å². The number of benzene rings is 1. The van der Waals surface area contributed by atoms with Crippen LogP contribution >= 0.6 is 0 Å². The van der Waals surface area contributed by atoms with E-state index in [0.29, 0.717) is 25.7 Å². The number of nitrogens with one attached hydrogen (secondary N) is 1. The molecule has 1 unspecified atom stereocenters. The molecule has 1 aliphatic carbocycles. The highest BCUT2D eigenvalue weighted by Crippen LogP contribution is 2.20. The maximum Gasteiger partial charge on any atom is 0.250 e. The lowest BCUT2D eigenvalue weighted by Crippen LogP contribution is -2.37. The third kappa shape index (κ3) is 3.91. The summed E-state index contributed by atoms with van der Waals surface area (Å²) in [6.45, 7) is 1.79. The molecule has 2 aromatic rings. The quantitative estimate of drug-likeness (QED) is 0.884. The van der Waals surface area contributed by atoms with Crippen LogP contribution in [0.15, 0.2) is 41.2 Å². The monoisotopic (exact) mass is 330 g/mol. The molecule has 0 spiro atoms. The summed E-state index contributed by atoms with van der Waals surface area (Å²) in [6.07, 6.45) is 2.73. The first-order chi connectivity index (χ1) is 11.7. The molecule has 0 saturated carbocycles. The summed E-state index contributed by atoms with van der Waals surface area (Å²) in [7, 11) is 1.65. The van der Waals surface area contributed by atoms with Gasteiger partial charge in [0.05, 0.1) is 6.61 Å². The second-order valence-corrected chi connectivity index (χ2v) is 6.24. The second-order valence-electron chi connectivity index (χ2n) is 6.24. The van der Waals surface area contributed by atoms with Crippen molar-refractivity contribution in [1.29, 1.82) is 0 Å². The van der Waals surface area contributed by atoms with Crippen molar-refractivity contribution < 1.29 is 9.13 Å². The fourth-order valence-corrected chi connectivity index (χ4v) is 3.34. The van der Waals surface area contributed by atoms with Gasteiger partial charge in [-0.15, -0.1) is 0 Å². The van der Waals surface area contributed by atoms with Gasteiger partial charge in [-0.25, -0.2) is 4.39 Å². The van der Waals surface area contributed by atoms with Crippen molar-refractivity contribution in [3.63, 3.8) is 0 Å². The lowest BCUT2D eigenvalue weighted by Gasteiger charge is -2.28. The van der Waals surface area contributed by atoms with Gasteiger partial charge in [-0.05, 0) is 42.5 Å². The molecular weight excluding hydrogens is 307 g/mol. The molecule has 1 heterocycles. The van der Waals surface area contributed by atoms with Crippen molar-refractivity contribution in [2.75, 3.05) is 13.7 Å². The van der Waals surface area contributed by atoms with Crippen LogP contribution in [0.4, 0.5) is 4.39 Å². The number of nitrogens with zero attached hydrogens (tertiary/aromatic N) is 1. The topological polar surface area (TPSA) is 43.3 Å². The minimum absolute atomic E-state index is 0.0389. The van der Waals surface area contributed by atoms with Crippen molar-refractivity contribution in [2.24, 2.45) is 0 Å². The molecule has 1 atom stereocenters. The van der Waals surface area contributed by atoms with Gasteiger partial charge < -0.3 is 14.6 Å². The number of pyridine rings is 1. The zero-order valence-electron chi connectivity index (χ0n) is 13.9. The second kappa shape index (κ2) is 7.73. The van der Waals surface area contributed by atoms with Crippen molar-refractivity contribution in [3.8, 4) is 0 Å². The zero-order chi connectivity index (χ0) is 16.9. The van der Waals surface area contributed by atoms with Crippen LogP contribution in [0, 0.1) is 5.82 Å². The Bertz CT molecular complexity index is 757. The molecule has 1 N–H and O–H groups in total. The van der Waals surface area contributed by atoms with E-state index in [1.165, 1.54) is 11.6 Å². The molecule has 0 radical (unpaired) electrons. The highest BCUT2D eigenvalue weighted by molar-refractivity contribution is 5.26. The number of fused-ring (bicyclic) bond motifs is 1. The number of rotatable bonds is 6. The van der Waals surface area contributed by atoms with E-state index in [-0.39, 0.29) is 11.4 Å². The van der Waals surface area contributed by atoms with Crippen molar-refractivity contribution in [2.45, 2.75) is 38.4 Å². The van der Waals surface area contributed by atoms with Gasteiger partial charge in [0, 0.05) is 38.0 Å². The molecule has 5 heteroatoms. The maximum atomic E-state index is 13.2. The summed E-state index contributed by atoms with van der Waals surface area (Å²) < 4.78 is 20.2. The van der Waals surface area contributed by atoms with Crippen LogP contribution in [0.3, 0.4) is 0 Å². The molecular formula is C19H23FN2O2. The van der Waals surface area contributed by atoms with E-state index in [2.05, 4.69) is 5.32 Å². The molecule has 0 aliphatic heterocycles. The summed E-state index contributed by atoms with van der Waals surface area (Å²) in [6, 6.07) is 10.6. The number of ether oxygens (including phenoxy) is 1. The molecule has 0 saturated heterocycles. The predicted molar refractivity (Wildman–Crippen MR) is 91.6 cm³/mol. The zero-order valence-corrected chi connectivity index (χ0v) is 13.9. The maximum absolute atomic E-state index is 13.2. The van der Waals surface area contributed by atoms with E-state index in [9.17, 15) is 9.18 Å². The minimum atomic E-state index is -0.203. The van der Waals surface area contributed by atoms with Gasteiger partial charge >= 0.3 is 0 Å². The molecule has 3 rings (SSSR count). The Morgan fingerprint density at radius 3 is 3.00 bits per heavy atom. The highest BCUT2D eigenvalue weighted by Gasteiger charge is 2.21. The largest absolute Gasteiger partial charge is 0.383 e. The van der Waals surface area contributed by atoms with Gasteiger partial charge in [0.15, 0.2) is 0 Å². The van der Waals surface area contributed by atoms with Crippen LogP contribution in [-0.2, 0) is 30.7 Å². The number of aromatic nitrogens is 1. The fourth-order valence-electron chi connectivity index (χ4n) is 3.34. The molecule has 0 bridgehead atoms. The van der Waals surface area contributed by atoms with Crippen LogP contribution in [0.2, 0.25) is 0 Å². The first kappa shape index (κ1) is 16.9. The van der Waals surface area contributed by atoms with E-state index in [1.54, 1.807) is 25.3 Å². The van der Waals surface area contributed by atoms with Gasteiger partial charge in [0.2, 0.25) is 0 Å². The third-order valence-corrected chi connectivity index (χ3v) is 4.59. The predicted octanol–water partition coefficient (Wildman–Crippen LogP) is 2.28. The Labute approximate surface area is 141 Å². The Hall–Kier alpha value is -1.98. The summed E-state index contributed by atoms with van der Waals surface area (Å²) in [5.41, 5.74) is 3.33. The van der Waals surface area contributed by atoms with Gasteiger partial charge in [0.25, 0.3) is 5.56 Å². The molecule has 128 valence electrons. The van der Waals surface area contributed by atoms with Crippen molar-refractivity contribution in [3.05, 3.63) is 69.4 Å². The summed E-state index contributed by atoms with van der Waals surface area (Å²) in [4.78, 5) is 12.1. The van der Waals surface area contributed by atoms with E-state index >= 15 is 0 Å². The van der Waals surface area contributed by atoms with E-state index in [1.807, 2.05) is 16.7 Å². The fraction of sp³-hybridized carbons (Fsp3) is 0.421. The number of hydrogen-bond donors (Lipinski definition) is 1. The summed E-state index contributed by atoms with van der Waals surface area (Å²) in [5, 5.41) is 3.50.